The Balaban J connectivity index is 1.50. The van der Waals surface area contributed by atoms with Crippen molar-refractivity contribution in [1.82, 2.24) is 14.9 Å². The van der Waals surface area contributed by atoms with Gasteiger partial charge >= 0.3 is 6.03 Å². The Morgan fingerprint density at radius 3 is 2.59 bits per heavy atom. The molecule has 0 bridgehead atoms. The molecule has 176 valence electrons. The Labute approximate surface area is 198 Å². The molecule has 1 fully saturated rings. The number of carbonyl (C=O) groups is 2. The van der Waals surface area contributed by atoms with Crippen LogP contribution in [-0.4, -0.2) is 39.4 Å². The van der Waals surface area contributed by atoms with Crippen LogP contribution in [0.25, 0.3) is 0 Å². The van der Waals surface area contributed by atoms with E-state index < -0.39 is 5.91 Å². The summed E-state index contributed by atoms with van der Waals surface area (Å²) in [5.41, 5.74) is 8.14. The first-order chi connectivity index (χ1) is 16.4. The Hall–Kier alpha value is -4.14. The van der Waals surface area contributed by atoms with Crippen molar-refractivity contribution >= 4 is 35.1 Å². The van der Waals surface area contributed by atoms with Gasteiger partial charge in [-0.3, -0.25) is 4.79 Å². The minimum absolute atomic E-state index is 0.103. The van der Waals surface area contributed by atoms with E-state index in [9.17, 15) is 9.59 Å². The number of amides is 3. The molecule has 34 heavy (non-hydrogen) atoms. The van der Waals surface area contributed by atoms with Crippen LogP contribution in [0.2, 0.25) is 0 Å². The van der Waals surface area contributed by atoms with Gasteiger partial charge in [-0.05, 0) is 50.5 Å². The van der Waals surface area contributed by atoms with Crippen molar-refractivity contribution < 1.29 is 9.59 Å². The van der Waals surface area contributed by atoms with E-state index in [0.29, 0.717) is 23.1 Å². The van der Waals surface area contributed by atoms with Crippen molar-refractivity contribution in [1.29, 1.82) is 0 Å². The molecule has 1 aliphatic rings. The number of nitrogens with zero attached hydrogens (tertiary/aromatic N) is 3. The van der Waals surface area contributed by atoms with Crippen LogP contribution in [0.3, 0.4) is 0 Å². The summed E-state index contributed by atoms with van der Waals surface area (Å²) in [7, 11) is 0. The number of benzene rings is 2. The molecule has 9 nitrogen and oxygen atoms in total. The maximum absolute atomic E-state index is 12.6. The summed E-state index contributed by atoms with van der Waals surface area (Å²) in [6.45, 7) is 4.80. The largest absolute Gasteiger partial charge is 0.365 e. The lowest BCUT2D eigenvalue weighted by molar-refractivity contribution is 0.100. The van der Waals surface area contributed by atoms with Crippen molar-refractivity contribution in [3.8, 4) is 0 Å². The zero-order valence-corrected chi connectivity index (χ0v) is 19.3. The smallest absolute Gasteiger partial charge is 0.322 e. The van der Waals surface area contributed by atoms with Gasteiger partial charge in [0.15, 0.2) is 0 Å². The van der Waals surface area contributed by atoms with Gasteiger partial charge in [-0.2, -0.15) is 4.98 Å². The monoisotopic (exact) mass is 459 g/mol. The number of nitrogens with one attached hydrogen (secondary N) is 3. The first kappa shape index (κ1) is 23.0. The van der Waals surface area contributed by atoms with Crippen LogP contribution < -0.4 is 21.7 Å². The standard InChI is InChI=1S/C25H29N7O2/c1-16-8-7-13-32(16)25(34)30-20-12-6-11-19(14-20)29-24-27-15-21(22(26)33)23(31-24)28-17(2)18-9-4-3-5-10-18/h3-6,9-12,14-17H,7-8,13H2,1-2H3,(H2,26,33)(H,30,34)(H2,27,28,29,31)/t16-,17-/m1/s1. The molecule has 2 atom stereocenters. The van der Waals surface area contributed by atoms with E-state index in [0.717, 1.165) is 24.9 Å². The number of nitrogens with two attached hydrogens (primary N) is 1. The number of primary amides is 1. The highest BCUT2D eigenvalue weighted by Crippen LogP contribution is 2.24. The van der Waals surface area contributed by atoms with Crippen molar-refractivity contribution in [3.05, 3.63) is 71.9 Å². The lowest BCUT2D eigenvalue weighted by atomic mass is 10.1. The molecule has 9 heteroatoms. The summed E-state index contributed by atoms with van der Waals surface area (Å²) >= 11 is 0. The predicted molar refractivity (Wildman–Crippen MR) is 133 cm³/mol. The zero-order chi connectivity index (χ0) is 24.1. The maximum Gasteiger partial charge on any atom is 0.322 e. The molecule has 5 N–H and O–H groups in total. The SMILES string of the molecule is C[C@@H]1CCCN1C(=O)Nc1cccc(Nc2ncc(C(N)=O)c(N[C@H](C)c3ccccc3)n2)c1. The molecule has 4 rings (SSSR count). The van der Waals surface area contributed by atoms with E-state index in [1.165, 1.54) is 6.20 Å². The van der Waals surface area contributed by atoms with E-state index >= 15 is 0 Å². The van der Waals surface area contributed by atoms with Crippen LogP contribution in [0.15, 0.2) is 60.8 Å². The van der Waals surface area contributed by atoms with Crippen molar-refractivity contribution in [3.63, 3.8) is 0 Å². The minimum Gasteiger partial charge on any atom is -0.365 e. The van der Waals surface area contributed by atoms with E-state index in [2.05, 4.69) is 32.8 Å². The van der Waals surface area contributed by atoms with Gasteiger partial charge in [-0.1, -0.05) is 36.4 Å². The zero-order valence-electron chi connectivity index (χ0n) is 19.3. The molecule has 1 aromatic heterocycles. The third-order valence-electron chi connectivity index (χ3n) is 5.89. The molecule has 1 saturated heterocycles. The average molecular weight is 460 g/mol. The second kappa shape index (κ2) is 10.2. The number of anilines is 4. The number of hydrogen-bond donors (Lipinski definition) is 4. The third kappa shape index (κ3) is 5.43. The van der Waals surface area contributed by atoms with Crippen molar-refractivity contribution in [2.75, 3.05) is 22.5 Å². The third-order valence-corrected chi connectivity index (χ3v) is 5.89. The molecule has 0 spiro atoms. The fourth-order valence-electron chi connectivity index (χ4n) is 4.00. The van der Waals surface area contributed by atoms with Crippen molar-refractivity contribution in [2.24, 2.45) is 5.73 Å². The Morgan fingerprint density at radius 1 is 1.12 bits per heavy atom. The molecule has 0 saturated carbocycles. The molecule has 0 aliphatic carbocycles. The van der Waals surface area contributed by atoms with Crippen LogP contribution in [-0.2, 0) is 0 Å². The maximum atomic E-state index is 12.6. The molecule has 0 radical (unpaired) electrons. The van der Waals surface area contributed by atoms with Gasteiger partial charge in [0.05, 0.1) is 5.56 Å². The molecule has 2 aromatic carbocycles. The highest BCUT2D eigenvalue weighted by Gasteiger charge is 2.25. The van der Waals surface area contributed by atoms with E-state index in [-0.39, 0.29) is 23.7 Å². The number of hydrogen-bond acceptors (Lipinski definition) is 6. The van der Waals surface area contributed by atoms with E-state index in [1.807, 2.05) is 66.4 Å². The summed E-state index contributed by atoms with van der Waals surface area (Å²) in [5, 5.41) is 9.34. The topological polar surface area (TPSA) is 125 Å². The molecule has 3 amide bonds. The normalized spacial score (nSPS) is 16.1. The molecule has 2 heterocycles. The van der Waals surface area contributed by atoms with Gasteiger partial charge in [0.2, 0.25) is 5.95 Å². The van der Waals surface area contributed by atoms with Crippen LogP contribution in [0.5, 0.6) is 0 Å². The van der Waals surface area contributed by atoms with Gasteiger partial charge in [0.1, 0.15) is 5.82 Å². The lowest BCUT2D eigenvalue weighted by Crippen LogP contribution is -2.37. The van der Waals surface area contributed by atoms with E-state index in [4.69, 9.17) is 5.73 Å². The van der Waals surface area contributed by atoms with Gasteiger partial charge in [0, 0.05) is 36.2 Å². The summed E-state index contributed by atoms with van der Waals surface area (Å²) in [6.07, 6.45) is 3.44. The quantitative estimate of drug-likeness (QED) is 0.412. The summed E-state index contributed by atoms with van der Waals surface area (Å²) in [5.74, 6) is 0.0217. The fraction of sp³-hybridized carbons (Fsp3) is 0.280. The Kier molecular flexibility index (Phi) is 6.91. The van der Waals surface area contributed by atoms with Crippen LogP contribution in [0, 0.1) is 0 Å². The average Bonchev–Trinajstić information content (AvgIpc) is 3.26. The van der Waals surface area contributed by atoms with Crippen LogP contribution >= 0.6 is 0 Å². The molecular weight excluding hydrogens is 430 g/mol. The number of aromatic nitrogens is 2. The minimum atomic E-state index is -0.616. The second-order valence-corrected chi connectivity index (χ2v) is 8.42. The van der Waals surface area contributed by atoms with Gasteiger partial charge in [-0.15, -0.1) is 0 Å². The number of urea groups is 1. The number of likely N-dealkylation sites (tertiary alicyclic amines) is 1. The molecule has 3 aromatic rings. The highest BCUT2D eigenvalue weighted by molar-refractivity contribution is 5.97. The predicted octanol–water partition coefficient (Wildman–Crippen LogP) is 4.51. The lowest BCUT2D eigenvalue weighted by Gasteiger charge is -2.22. The van der Waals surface area contributed by atoms with Crippen LogP contribution in [0.1, 0.15) is 48.7 Å². The van der Waals surface area contributed by atoms with E-state index in [1.54, 1.807) is 0 Å². The van der Waals surface area contributed by atoms with Gasteiger partial charge < -0.3 is 26.6 Å². The molecule has 1 aliphatic heterocycles. The van der Waals surface area contributed by atoms with Gasteiger partial charge in [-0.25, -0.2) is 9.78 Å². The fourth-order valence-corrected chi connectivity index (χ4v) is 4.00. The summed E-state index contributed by atoms with van der Waals surface area (Å²) < 4.78 is 0. The van der Waals surface area contributed by atoms with Gasteiger partial charge in [0.25, 0.3) is 5.91 Å². The Morgan fingerprint density at radius 2 is 1.88 bits per heavy atom. The highest BCUT2D eigenvalue weighted by atomic mass is 16.2. The number of carbonyl (C=O) groups excluding carboxylic acids is 2. The first-order valence-electron chi connectivity index (χ1n) is 11.3. The summed E-state index contributed by atoms with van der Waals surface area (Å²) in [6, 6.07) is 17.2. The Bertz CT molecular complexity index is 1170. The summed E-state index contributed by atoms with van der Waals surface area (Å²) in [4.78, 5) is 35.1. The number of rotatable bonds is 7. The van der Waals surface area contributed by atoms with Crippen LogP contribution in [0.4, 0.5) is 27.9 Å². The molecular formula is C25H29N7O2. The van der Waals surface area contributed by atoms with Crippen molar-refractivity contribution in [2.45, 2.75) is 38.8 Å². The second-order valence-electron chi connectivity index (χ2n) is 8.42. The first-order valence-corrected chi connectivity index (χ1v) is 11.3. The molecule has 0 unspecified atom stereocenters.